The van der Waals surface area contributed by atoms with Gasteiger partial charge in [-0.05, 0) is 43.2 Å². The second-order valence-electron chi connectivity index (χ2n) is 6.49. The standard InChI is InChI=1S/C23H23NO3S2/c1-4-12-24-22(25)21(29-23(24)28)14-18-10-11-19(20(13-18)26-5-2)27-15-17-8-6-16(3)7-9-17/h4,6-11,13-14H,1,5,12,15H2,2-3H3/b21-14-. The van der Waals surface area contributed by atoms with Crippen LogP contribution in [-0.2, 0) is 11.4 Å². The van der Waals surface area contributed by atoms with Crippen molar-refractivity contribution in [2.24, 2.45) is 0 Å². The van der Waals surface area contributed by atoms with Gasteiger partial charge in [-0.2, -0.15) is 0 Å². The molecule has 0 radical (unpaired) electrons. The predicted octanol–water partition coefficient (Wildman–Crippen LogP) is 5.36. The van der Waals surface area contributed by atoms with E-state index in [9.17, 15) is 4.79 Å². The average Bonchev–Trinajstić information content (AvgIpc) is 2.97. The lowest BCUT2D eigenvalue weighted by molar-refractivity contribution is -0.121. The molecular weight excluding hydrogens is 402 g/mol. The highest BCUT2D eigenvalue weighted by atomic mass is 32.2. The summed E-state index contributed by atoms with van der Waals surface area (Å²) in [6, 6.07) is 13.9. The molecule has 3 rings (SSSR count). The number of hydrogen-bond donors (Lipinski definition) is 0. The van der Waals surface area contributed by atoms with Crippen LogP contribution in [-0.4, -0.2) is 28.3 Å². The summed E-state index contributed by atoms with van der Waals surface area (Å²) in [5, 5.41) is 0. The summed E-state index contributed by atoms with van der Waals surface area (Å²) in [6.45, 7) is 9.05. The van der Waals surface area contributed by atoms with Gasteiger partial charge in [-0.25, -0.2) is 0 Å². The molecule has 0 bridgehead atoms. The lowest BCUT2D eigenvalue weighted by atomic mass is 10.1. The van der Waals surface area contributed by atoms with Crippen LogP contribution < -0.4 is 9.47 Å². The van der Waals surface area contributed by atoms with Gasteiger partial charge in [-0.1, -0.05) is 66.0 Å². The summed E-state index contributed by atoms with van der Waals surface area (Å²) in [5.41, 5.74) is 3.16. The van der Waals surface area contributed by atoms with Crippen LogP contribution in [0.1, 0.15) is 23.6 Å². The third-order valence-corrected chi connectivity index (χ3v) is 5.64. The maximum atomic E-state index is 12.5. The molecule has 29 heavy (non-hydrogen) atoms. The van der Waals surface area contributed by atoms with Crippen molar-refractivity contribution < 1.29 is 14.3 Å². The van der Waals surface area contributed by atoms with Gasteiger partial charge in [-0.3, -0.25) is 9.69 Å². The third kappa shape index (κ3) is 5.28. The molecule has 2 aromatic carbocycles. The molecule has 4 nitrogen and oxygen atoms in total. The number of aryl methyl sites for hydroxylation is 1. The first-order chi connectivity index (χ1) is 14.0. The minimum atomic E-state index is -0.0995. The minimum absolute atomic E-state index is 0.0995. The molecule has 0 aliphatic carbocycles. The van der Waals surface area contributed by atoms with Crippen LogP contribution >= 0.6 is 24.0 Å². The Balaban J connectivity index is 1.78. The summed E-state index contributed by atoms with van der Waals surface area (Å²) in [7, 11) is 0. The summed E-state index contributed by atoms with van der Waals surface area (Å²) in [6.07, 6.45) is 3.50. The Morgan fingerprint density at radius 2 is 1.90 bits per heavy atom. The topological polar surface area (TPSA) is 38.8 Å². The monoisotopic (exact) mass is 425 g/mol. The van der Waals surface area contributed by atoms with E-state index in [0.717, 1.165) is 11.1 Å². The highest BCUT2D eigenvalue weighted by Crippen LogP contribution is 2.35. The first-order valence-corrected chi connectivity index (χ1v) is 10.6. The zero-order valence-electron chi connectivity index (χ0n) is 16.5. The molecule has 6 heteroatoms. The fourth-order valence-corrected chi connectivity index (χ4v) is 4.06. The number of carbonyl (C=O) groups excluding carboxylic acids is 1. The first-order valence-electron chi connectivity index (χ1n) is 9.33. The molecule has 0 spiro atoms. The fourth-order valence-electron chi connectivity index (χ4n) is 2.79. The average molecular weight is 426 g/mol. The van der Waals surface area contributed by atoms with Crippen LogP contribution in [0.3, 0.4) is 0 Å². The molecular formula is C23H23NO3S2. The minimum Gasteiger partial charge on any atom is -0.490 e. The number of ether oxygens (including phenoxy) is 2. The largest absolute Gasteiger partial charge is 0.490 e. The summed E-state index contributed by atoms with van der Waals surface area (Å²) in [5.74, 6) is 1.22. The summed E-state index contributed by atoms with van der Waals surface area (Å²) < 4.78 is 12.3. The Kier molecular flexibility index (Phi) is 7.12. The van der Waals surface area contributed by atoms with Crippen molar-refractivity contribution in [2.45, 2.75) is 20.5 Å². The smallest absolute Gasteiger partial charge is 0.266 e. The summed E-state index contributed by atoms with van der Waals surface area (Å²) >= 11 is 6.59. The first kappa shape index (κ1) is 21.1. The van der Waals surface area contributed by atoms with Crippen LogP contribution in [0.5, 0.6) is 11.5 Å². The van der Waals surface area contributed by atoms with Gasteiger partial charge in [-0.15, -0.1) is 6.58 Å². The lowest BCUT2D eigenvalue weighted by Gasteiger charge is -2.13. The number of benzene rings is 2. The van der Waals surface area contributed by atoms with Crippen molar-refractivity contribution >= 4 is 40.3 Å². The van der Waals surface area contributed by atoms with Gasteiger partial charge < -0.3 is 9.47 Å². The van der Waals surface area contributed by atoms with Gasteiger partial charge in [0, 0.05) is 6.54 Å². The normalized spacial score (nSPS) is 15.1. The van der Waals surface area contributed by atoms with Crippen molar-refractivity contribution in [1.29, 1.82) is 0 Å². The second kappa shape index (κ2) is 9.76. The van der Waals surface area contributed by atoms with E-state index in [1.54, 1.807) is 11.0 Å². The summed E-state index contributed by atoms with van der Waals surface area (Å²) in [4.78, 5) is 14.7. The predicted molar refractivity (Wildman–Crippen MR) is 123 cm³/mol. The number of thiocarbonyl (C=S) groups is 1. The van der Waals surface area contributed by atoms with E-state index in [1.807, 2.05) is 31.2 Å². The molecule has 1 aliphatic rings. The highest BCUT2D eigenvalue weighted by molar-refractivity contribution is 8.26. The van der Waals surface area contributed by atoms with E-state index >= 15 is 0 Å². The van der Waals surface area contributed by atoms with Crippen LogP contribution in [0, 0.1) is 6.92 Å². The fraction of sp³-hybridized carbons (Fsp3) is 0.217. The molecule has 2 aromatic rings. The molecule has 0 N–H and O–H groups in total. The van der Waals surface area contributed by atoms with Gasteiger partial charge in [0.2, 0.25) is 0 Å². The molecule has 150 valence electrons. The van der Waals surface area contributed by atoms with Crippen molar-refractivity contribution in [3.05, 3.63) is 76.7 Å². The van der Waals surface area contributed by atoms with E-state index in [-0.39, 0.29) is 5.91 Å². The number of rotatable bonds is 8. The molecule has 0 aromatic heterocycles. The zero-order chi connectivity index (χ0) is 20.8. The van der Waals surface area contributed by atoms with Crippen molar-refractivity contribution in [3.8, 4) is 11.5 Å². The maximum Gasteiger partial charge on any atom is 0.266 e. The Labute approximate surface area is 181 Å². The van der Waals surface area contributed by atoms with Crippen LogP contribution in [0.25, 0.3) is 6.08 Å². The third-order valence-electron chi connectivity index (χ3n) is 4.27. The van der Waals surface area contributed by atoms with Crippen LogP contribution in [0.2, 0.25) is 0 Å². The molecule has 1 aliphatic heterocycles. The molecule has 0 atom stereocenters. The van der Waals surface area contributed by atoms with Crippen molar-refractivity contribution in [3.63, 3.8) is 0 Å². The number of amides is 1. The van der Waals surface area contributed by atoms with E-state index in [0.29, 0.717) is 40.5 Å². The number of hydrogen-bond acceptors (Lipinski definition) is 5. The van der Waals surface area contributed by atoms with Gasteiger partial charge in [0.25, 0.3) is 5.91 Å². The zero-order valence-corrected chi connectivity index (χ0v) is 18.1. The quantitative estimate of drug-likeness (QED) is 0.323. The van der Waals surface area contributed by atoms with E-state index in [2.05, 4.69) is 37.8 Å². The Morgan fingerprint density at radius 1 is 1.14 bits per heavy atom. The molecule has 1 fully saturated rings. The van der Waals surface area contributed by atoms with Crippen molar-refractivity contribution in [1.82, 2.24) is 4.90 Å². The van der Waals surface area contributed by atoms with Crippen LogP contribution in [0.4, 0.5) is 0 Å². The second-order valence-corrected chi connectivity index (χ2v) is 8.17. The van der Waals surface area contributed by atoms with E-state index in [4.69, 9.17) is 21.7 Å². The highest BCUT2D eigenvalue weighted by Gasteiger charge is 2.31. The van der Waals surface area contributed by atoms with Gasteiger partial charge in [0.1, 0.15) is 10.9 Å². The van der Waals surface area contributed by atoms with Gasteiger partial charge in [0.15, 0.2) is 11.5 Å². The van der Waals surface area contributed by atoms with Gasteiger partial charge >= 0.3 is 0 Å². The SMILES string of the molecule is C=CCN1C(=O)/C(=C/c2ccc(OCc3ccc(C)cc3)c(OCC)c2)SC1=S. The van der Waals surface area contributed by atoms with Crippen LogP contribution in [0.15, 0.2) is 60.0 Å². The number of carbonyl (C=O) groups is 1. The Bertz CT molecular complexity index is 951. The van der Waals surface area contributed by atoms with E-state index in [1.165, 1.54) is 17.3 Å². The molecule has 0 unspecified atom stereocenters. The maximum absolute atomic E-state index is 12.5. The Morgan fingerprint density at radius 3 is 2.59 bits per heavy atom. The molecule has 1 saturated heterocycles. The van der Waals surface area contributed by atoms with Crippen molar-refractivity contribution in [2.75, 3.05) is 13.2 Å². The lowest BCUT2D eigenvalue weighted by Crippen LogP contribution is -2.27. The molecule has 1 heterocycles. The molecule has 0 saturated carbocycles. The Hall–Kier alpha value is -2.57. The van der Waals surface area contributed by atoms with Gasteiger partial charge in [0.05, 0.1) is 11.5 Å². The molecule has 1 amide bonds. The van der Waals surface area contributed by atoms with E-state index < -0.39 is 0 Å². The number of nitrogens with zero attached hydrogens (tertiary/aromatic N) is 1. The number of thioether (sulfide) groups is 1.